The van der Waals surface area contributed by atoms with Gasteiger partial charge < -0.3 is 9.47 Å². The summed E-state index contributed by atoms with van der Waals surface area (Å²) in [5.74, 6) is -1.36. The molecule has 0 unspecified atom stereocenters. The van der Waals surface area contributed by atoms with Crippen molar-refractivity contribution in [2.45, 2.75) is 44.9 Å². The van der Waals surface area contributed by atoms with Gasteiger partial charge in [0.15, 0.2) is 0 Å². The van der Waals surface area contributed by atoms with E-state index in [0.717, 1.165) is 47.9 Å². The minimum absolute atomic E-state index is 0.134. The van der Waals surface area contributed by atoms with Crippen molar-refractivity contribution >= 4 is 11.9 Å². The standard InChI is InChI=1S/C33H26F2O4/c1-19-9-11-23(17-25(19)34)31(36)38-27-7-3-5-21-13-15-33(29(21)27)16-14-22-6-4-8-28(30(22)33)39-32(37)24-12-10-20(2)26(35)18-24/h3-12,17-18H,13-16H2,1-2H3. The summed E-state index contributed by atoms with van der Waals surface area (Å²) in [6, 6.07) is 19.8. The summed E-state index contributed by atoms with van der Waals surface area (Å²) in [6.07, 6.45) is 3.06. The minimum Gasteiger partial charge on any atom is -0.423 e. The number of ether oxygens (including phenoxy) is 2. The van der Waals surface area contributed by atoms with E-state index in [1.54, 1.807) is 50.2 Å². The average molecular weight is 525 g/mol. The second-order valence-electron chi connectivity index (χ2n) is 10.4. The van der Waals surface area contributed by atoms with Crippen LogP contribution in [0.4, 0.5) is 8.78 Å². The predicted octanol–water partition coefficient (Wildman–Crippen LogP) is 7.20. The van der Waals surface area contributed by atoms with Crippen molar-refractivity contribution in [1.82, 2.24) is 0 Å². The van der Waals surface area contributed by atoms with E-state index in [1.165, 1.54) is 12.1 Å². The van der Waals surface area contributed by atoms with Crippen LogP contribution in [0.3, 0.4) is 0 Å². The van der Waals surface area contributed by atoms with Gasteiger partial charge in [-0.15, -0.1) is 0 Å². The maximum atomic E-state index is 14.1. The Balaban J connectivity index is 1.39. The van der Waals surface area contributed by atoms with Gasteiger partial charge in [0.25, 0.3) is 0 Å². The zero-order valence-electron chi connectivity index (χ0n) is 21.6. The van der Waals surface area contributed by atoms with E-state index in [1.807, 2.05) is 24.3 Å². The normalized spacial score (nSPS) is 14.7. The molecule has 0 saturated heterocycles. The molecule has 0 amide bonds. The summed E-state index contributed by atoms with van der Waals surface area (Å²) >= 11 is 0. The second kappa shape index (κ2) is 9.45. The second-order valence-corrected chi connectivity index (χ2v) is 10.4. The van der Waals surface area contributed by atoms with Gasteiger partial charge in [-0.1, -0.05) is 36.4 Å². The van der Waals surface area contributed by atoms with E-state index in [4.69, 9.17) is 9.47 Å². The highest BCUT2D eigenvalue weighted by atomic mass is 19.1. The first-order valence-corrected chi connectivity index (χ1v) is 13.0. The Kier molecular flexibility index (Phi) is 6.06. The molecule has 196 valence electrons. The number of carbonyl (C=O) groups is 2. The van der Waals surface area contributed by atoms with Crippen molar-refractivity contribution in [3.8, 4) is 11.5 Å². The number of carbonyl (C=O) groups excluding carboxylic acids is 2. The molecule has 4 aromatic rings. The van der Waals surface area contributed by atoms with E-state index in [0.29, 0.717) is 22.6 Å². The van der Waals surface area contributed by atoms with Crippen molar-refractivity contribution in [1.29, 1.82) is 0 Å². The largest absolute Gasteiger partial charge is 0.423 e. The Morgan fingerprint density at radius 3 is 1.51 bits per heavy atom. The van der Waals surface area contributed by atoms with Crippen LogP contribution in [0.1, 0.15) is 66.9 Å². The van der Waals surface area contributed by atoms with Gasteiger partial charge in [-0.2, -0.15) is 0 Å². The number of esters is 2. The topological polar surface area (TPSA) is 52.6 Å². The molecule has 2 aliphatic rings. The number of fused-ring (bicyclic) bond motifs is 4. The number of aryl methyl sites for hydroxylation is 4. The number of hydrogen-bond donors (Lipinski definition) is 0. The Morgan fingerprint density at radius 1 is 0.667 bits per heavy atom. The van der Waals surface area contributed by atoms with Gasteiger partial charge in [0, 0.05) is 16.5 Å². The minimum atomic E-state index is -0.635. The molecule has 0 heterocycles. The van der Waals surface area contributed by atoms with Crippen LogP contribution in [0.5, 0.6) is 11.5 Å². The molecule has 0 saturated carbocycles. The summed E-state index contributed by atoms with van der Waals surface area (Å²) in [5.41, 5.74) is 4.56. The third kappa shape index (κ3) is 4.20. The fourth-order valence-electron chi connectivity index (χ4n) is 6.03. The maximum absolute atomic E-state index is 14.1. The molecule has 0 aromatic heterocycles. The predicted molar refractivity (Wildman–Crippen MR) is 142 cm³/mol. The molecule has 1 spiro atoms. The lowest BCUT2D eigenvalue weighted by Gasteiger charge is -2.29. The van der Waals surface area contributed by atoms with Crippen molar-refractivity contribution in [3.63, 3.8) is 0 Å². The van der Waals surface area contributed by atoms with Gasteiger partial charge >= 0.3 is 11.9 Å². The Morgan fingerprint density at radius 2 is 1.10 bits per heavy atom. The zero-order chi connectivity index (χ0) is 27.3. The fourth-order valence-corrected chi connectivity index (χ4v) is 6.03. The van der Waals surface area contributed by atoms with Crippen LogP contribution in [0.15, 0.2) is 72.8 Å². The van der Waals surface area contributed by atoms with Gasteiger partial charge in [0.05, 0.1) is 11.1 Å². The quantitative estimate of drug-likeness (QED) is 0.209. The van der Waals surface area contributed by atoms with E-state index in [9.17, 15) is 18.4 Å². The smallest absolute Gasteiger partial charge is 0.343 e. The van der Waals surface area contributed by atoms with E-state index in [2.05, 4.69) is 0 Å². The number of hydrogen-bond acceptors (Lipinski definition) is 4. The Hall–Kier alpha value is -4.32. The van der Waals surface area contributed by atoms with Crippen LogP contribution in [0.25, 0.3) is 0 Å². The van der Waals surface area contributed by atoms with Crippen molar-refractivity contribution in [3.05, 3.63) is 129 Å². The van der Waals surface area contributed by atoms with Crippen LogP contribution in [-0.4, -0.2) is 11.9 Å². The van der Waals surface area contributed by atoms with Crippen LogP contribution >= 0.6 is 0 Å². The Labute approximate surface area is 225 Å². The van der Waals surface area contributed by atoms with Gasteiger partial charge in [-0.25, -0.2) is 18.4 Å². The molecule has 0 bridgehead atoms. The fraction of sp³-hybridized carbons (Fsp3) is 0.212. The van der Waals surface area contributed by atoms with Gasteiger partial charge in [0.2, 0.25) is 0 Å². The molecule has 0 radical (unpaired) electrons. The molecule has 0 N–H and O–H groups in total. The van der Waals surface area contributed by atoms with E-state index >= 15 is 0 Å². The molecule has 4 nitrogen and oxygen atoms in total. The van der Waals surface area contributed by atoms with Crippen molar-refractivity contribution in [2.24, 2.45) is 0 Å². The SMILES string of the molecule is Cc1ccc(C(=O)Oc2cccc3c2C2(CC3)CCc3cccc(OC(=O)c4ccc(C)c(F)c4)c32)cc1F. The molecular formula is C33H26F2O4. The van der Waals surface area contributed by atoms with Crippen molar-refractivity contribution in [2.75, 3.05) is 0 Å². The lowest BCUT2D eigenvalue weighted by molar-refractivity contribution is 0.0725. The van der Waals surface area contributed by atoms with Gasteiger partial charge in [0.1, 0.15) is 23.1 Å². The molecule has 0 atom stereocenters. The first-order valence-electron chi connectivity index (χ1n) is 13.0. The van der Waals surface area contributed by atoms with Gasteiger partial charge in [-0.3, -0.25) is 0 Å². The summed E-state index contributed by atoms with van der Waals surface area (Å²) in [5, 5.41) is 0. The molecule has 6 heteroatoms. The third-order valence-electron chi connectivity index (χ3n) is 8.04. The monoisotopic (exact) mass is 524 g/mol. The van der Waals surface area contributed by atoms with E-state index in [-0.39, 0.29) is 11.1 Å². The van der Waals surface area contributed by atoms with Crippen LogP contribution in [0, 0.1) is 25.5 Å². The number of halogens is 2. The summed E-state index contributed by atoms with van der Waals surface area (Å²) in [7, 11) is 0. The number of rotatable bonds is 4. The lowest BCUT2D eigenvalue weighted by Crippen LogP contribution is -2.24. The third-order valence-corrected chi connectivity index (χ3v) is 8.04. The Bertz CT molecular complexity index is 1530. The summed E-state index contributed by atoms with van der Waals surface area (Å²) in [6.45, 7) is 3.27. The van der Waals surface area contributed by atoms with Crippen LogP contribution < -0.4 is 9.47 Å². The molecule has 0 fully saturated rings. The first kappa shape index (κ1) is 25.0. The molecular weight excluding hydrogens is 498 g/mol. The number of benzene rings is 4. The molecule has 39 heavy (non-hydrogen) atoms. The molecule has 6 rings (SSSR count). The van der Waals surface area contributed by atoms with Crippen LogP contribution in [-0.2, 0) is 18.3 Å². The summed E-state index contributed by atoms with van der Waals surface area (Å²) in [4.78, 5) is 26.1. The summed E-state index contributed by atoms with van der Waals surface area (Å²) < 4.78 is 40.1. The molecule has 2 aliphatic carbocycles. The maximum Gasteiger partial charge on any atom is 0.343 e. The first-order chi connectivity index (χ1) is 18.8. The van der Waals surface area contributed by atoms with E-state index < -0.39 is 29.0 Å². The highest BCUT2D eigenvalue weighted by molar-refractivity contribution is 5.92. The van der Waals surface area contributed by atoms with Crippen molar-refractivity contribution < 1.29 is 27.8 Å². The van der Waals surface area contributed by atoms with Gasteiger partial charge in [-0.05, 0) is 98.2 Å². The zero-order valence-corrected chi connectivity index (χ0v) is 21.6. The highest BCUT2D eigenvalue weighted by Crippen LogP contribution is 2.57. The van der Waals surface area contributed by atoms with Crippen LogP contribution in [0.2, 0.25) is 0 Å². The molecule has 0 aliphatic heterocycles. The highest BCUT2D eigenvalue weighted by Gasteiger charge is 2.49. The average Bonchev–Trinajstić information content (AvgIpc) is 3.50. The molecule has 4 aromatic carbocycles. The lowest BCUT2D eigenvalue weighted by atomic mass is 9.76.